The van der Waals surface area contributed by atoms with Crippen molar-refractivity contribution in [3.05, 3.63) is 83.9 Å². The second-order valence-electron chi connectivity index (χ2n) is 6.88. The summed E-state index contributed by atoms with van der Waals surface area (Å²) in [6.45, 7) is 3.78. The van der Waals surface area contributed by atoms with E-state index in [1.54, 1.807) is 30.3 Å². The lowest BCUT2D eigenvalue weighted by molar-refractivity contribution is -0.118. The lowest BCUT2D eigenvalue weighted by Crippen LogP contribution is -2.21. The molecular weight excluding hydrogens is 380 g/mol. The zero-order valence-electron chi connectivity index (χ0n) is 17.0. The van der Waals surface area contributed by atoms with Crippen LogP contribution >= 0.6 is 0 Å². The molecule has 0 bridgehead atoms. The number of carbonyl (C=O) groups is 2. The number of anilines is 2. The fourth-order valence-corrected chi connectivity index (χ4v) is 2.67. The highest BCUT2D eigenvalue weighted by Crippen LogP contribution is 2.15. The van der Waals surface area contributed by atoms with Crippen LogP contribution in [0.2, 0.25) is 0 Å². The van der Waals surface area contributed by atoms with E-state index in [0.717, 1.165) is 11.1 Å². The molecule has 0 saturated carbocycles. The molecule has 0 radical (unpaired) electrons. The Balaban J connectivity index is 1.43. The quantitative estimate of drug-likeness (QED) is 0.586. The van der Waals surface area contributed by atoms with E-state index in [-0.39, 0.29) is 25.0 Å². The molecule has 6 nitrogen and oxygen atoms in total. The fraction of sp³-hybridized carbons (Fsp3) is 0.167. The molecule has 2 amide bonds. The molecule has 154 valence electrons. The van der Waals surface area contributed by atoms with Crippen molar-refractivity contribution < 1.29 is 19.1 Å². The topological polar surface area (TPSA) is 76.7 Å². The molecule has 3 aromatic rings. The SMILES string of the molecule is Cc1ccc(OCC(=O)Nc2ccc(NC(=O)COc3cccc(C)c3)cc2)cc1. The summed E-state index contributed by atoms with van der Waals surface area (Å²) in [6, 6.07) is 21.8. The molecular formula is C24H24N2O4. The van der Waals surface area contributed by atoms with Gasteiger partial charge in [0.25, 0.3) is 11.8 Å². The van der Waals surface area contributed by atoms with Crippen LogP contribution in [0.3, 0.4) is 0 Å². The van der Waals surface area contributed by atoms with Crippen molar-refractivity contribution in [3.8, 4) is 11.5 Å². The van der Waals surface area contributed by atoms with E-state index in [1.165, 1.54) is 0 Å². The van der Waals surface area contributed by atoms with Crippen LogP contribution in [0.15, 0.2) is 72.8 Å². The summed E-state index contributed by atoms with van der Waals surface area (Å²) in [5.41, 5.74) is 3.42. The summed E-state index contributed by atoms with van der Waals surface area (Å²) in [7, 11) is 0. The van der Waals surface area contributed by atoms with Gasteiger partial charge < -0.3 is 20.1 Å². The molecule has 3 aromatic carbocycles. The zero-order chi connectivity index (χ0) is 21.3. The molecule has 0 spiro atoms. The lowest BCUT2D eigenvalue weighted by atomic mass is 10.2. The van der Waals surface area contributed by atoms with Crippen molar-refractivity contribution in [1.82, 2.24) is 0 Å². The van der Waals surface area contributed by atoms with Crippen LogP contribution in [0.1, 0.15) is 11.1 Å². The maximum absolute atomic E-state index is 12.1. The summed E-state index contributed by atoms with van der Waals surface area (Å²) in [5, 5.41) is 5.51. The van der Waals surface area contributed by atoms with Crippen LogP contribution in [0.5, 0.6) is 11.5 Å². The highest BCUT2D eigenvalue weighted by Gasteiger charge is 2.06. The minimum absolute atomic E-state index is 0.0850. The maximum Gasteiger partial charge on any atom is 0.262 e. The van der Waals surface area contributed by atoms with Crippen molar-refractivity contribution in [2.45, 2.75) is 13.8 Å². The van der Waals surface area contributed by atoms with Gasteiger partial charge in [0, 0.05) is 11.4 Å². The number of amides is 2. The first-order valence-corrected chi connectivity index (χ1v) is 9.57. The molecule has 3 rings (SSSR count). The van der Waals surface area contributed by atoms with E-state index in [4.69, 9.17) is 9.47 Å². The molecule has 0 fully saturated rings. The predicted molar refractivity (Wildman–Crippen MR) is 117 cm³/mol. The third kappa shape index (κ3) is 6.67. The number of hydrogen-bond acceptors (Lipinski definition) is 4. The average molecular weight is 404 g/mol. The molecule has 0 aliphatic heterocycles. The summed E-state index contributed by atoms with van der Waals surface area (Å²) in [5.74, 6) is 0.761. The van der Waals surface area contributed by atoms with Crippen LogP contribution in [0, 0.1) is 13.8 Å². The van der Waals surface area contributed by atoms with Crippen LogP contribution in [-0.4, -0.2) is 25.0 Å². The van der Waals surface area contributed by atoms with Crippen LogP contribution < -0.4 is 20.1 Å². The fourth-order valence-electron chi connectivity index (χ4n) is 2.67. The Morgan fingerprint density at radius 3 is 1.73 bits per heavy atom. The van der Waals surface area contributed by atoms with Gasteiger partial charge in [-0.3, -0.25) is 9.59 Å². The molecule has 6 heteroatoms. The minimum atomic E-state index is -0.265. The first-order valence-electron chi connectivity index (χ1n) is 9.57. The van der Waals surface area contributed by atoms with Crippen LogP contribution in [0.4, 0.5) is 11.4 Å². The second-order valence-corrected chi connectivity index (χ2v) is 6.88. The van der Waals surface area contributed by atoms with Gasteiger partial charge in [0.15, 0.2) is 13.2 Å². The van der Waals surface area contributed by atoms with Gasteiger partial charge in [-0.05, 0) is 67.9 Å². The van der Waals surface area contributed by atoms with Gasteiger partial charge in [-0.15, -0.1) is 0 Å². The van der Waals surface area contributed by atoms with Crippen LogP contribution in [-0.2, 0) is 9.59 Å². The number of rotatable bonds is 8. The Morgan fingerprint density at radius 1 is 0.667 bits per heavy atom. The van der Waals surface area contributed by atoms with Gasteiger partial charge in [-0.25, -0.2) is 0 Å². The van der Waals surface area contributed by atoms with Crippen molar-refractivity contribution in [2.75, 3.05) is 23.8 Å². The second kappa shape index (κ2) is 10.1. The van der Waals surface area contributed by atoms with Crippen LogP contribution in [0.25, 0.3) is 0 Å². The van der Waals surface area contributed by atoms with Gasteiger partial charge in [0.2, 0.25) is 0 Å². The van der Waals surface area contributed by atoms with Crippen molar-refractivity contribution in [2.24, 2.45) is 0 Å². The largest absolute Gasteiger partial charge is 0.484 e. The number of nitrogens with one attached hydrogen (secondary N) is 2. The van der Waals surface area contributed by atoms with Gasteiger partial charge in [0.1, 0.15) is 11.5 Å². The van der Waals surface area contributed by atoms with Gasteiger partial charge in [-0.2, -0.15) is 0 Å². The van der Waals surface area contributed by atoms with E-state index >= 15 is 0 Å². The molecule has 0 aliphatic carbocycles. The molecule has 30 heavy (non-hydrogen) atoms. The van der Waals surface area contributed by atoms with Gasteiger partial charge in [-0.1, -0.05) is 29.8 Å². The minimum Gasteiger partial charge on any atom is -0.484 e. The van der Waals surface area contributed by atoms with E-state index in [1.807, 2.05) is 56.3 Å². The molecule has 0 unspecified atom stereocenters. The van der Waals surface area contributed by atoms with Gasteiger partial charge >= 0.3 is 0 Å². The van der Waals surface area contributed by atoms with Crippen molar-refractivity contribution in [3.63, 3.8) is 0 Å². The molecule has 0 aromatic heterocycles. The first-order chi connectivity index (χ1) is 14.5. The Kier molecular flexibility index (Phi) is 7.05. The molecule has 0 heterocycles. The standard InChI is InChI=1S/C24H24N2O4/c1-17-6-12-21(13-7-17)29-15-23(27)25-19-8-10-20(11-9-19)26-24(28)16-30-22-5-3-4-18(2)14-22/h3-14H,15-16H2,1-2H3,(H,25,27)(H,26,28). The Hall–Kier alpha value is -3.80. The number of carbonyl (C=O) groups excluding carboxylic acids is 2. The number of hydrogen-bond donors (Lipinski definition) is 2. The normalized spacial score (nSPS) is 10.2. The summed E-state index contributed by atoms with van der Waals surface area (Å²) < 4.78 is 10.9. The lowest BCUT2D eigenvalue weighted by Gasteiger charge is -2.10. The maximum atomic E-state index is 12.1. The highest BCUT2D eigenvalue weighted by molar-refractivity contribution is 5.94. The Morgan fingerprint density at radius 2 is 1.20 bits per heavy atom. The van der Waals surface area contributed by atoms with Crippen molar-refractivity contribution in [1.29, 1.82) is 0 Å². The van der Waals surface area contributed by atoms with E-state index in [9.17, 15) is 9.59 Å². The van der Waals surface area contributed by atoms with Gasteiger partial charge in [0.05, 0.1) is 0 Å². The van der Waals surface area contributed by atoms with E-state index < -0.39 is 0 Å². The van der Waals surface area contributed by atoms with Crippen molar-refractivity contribution >= 4 is 23.2 Å². The molecule has 2 N–H and O–H groups in total. The van der Waals surface area contributed by atoms with E-state index in [2.05, 4.69) is 10.6 Å². The monoisotopic (exact) mass is 404 g/mol. The molecule has 0 saturated heterocycles. The molecule has 0 atom stereocenters. The number of aryl methyl sites for hydroxylation is 2. The highest BCUT2D eigenvalue weighted by atomic mass is 16.5. The summed E-state index contributed by atoms with van der Waals surface area (Å²) >= 11 is 0. The Labute approximate surface area is 175 Å². The summed E-state index contributed by atoms with van der Waals surface area (Å²) in [4.78, 5) is 24.1. The average Bonchev–Trinajstić information content (AvgIpc) is 2.73. The predicted octanol–water partition coefficient (Wildman–Crippen LogP) is 4.34. The third-order valence-electron chi connectivity index (χ3n) is 4.20. The zero-order valence-corrected chi connectivity index (χ0v) is 17.0. The smallest absolute Gasteiger partial charge is 0.262 e. The first kappa shape index (κ1) is 20.9. The third-order valence-corrected chi connectivity index (χ3v) is 4.20. The number of ether oxygens (including phenoxy) is 2. The van der Waals surface area contributed by atoms with E-state index in [0.29, 0.717) is 22.9 Å². The number of benzene rings is 3. The Bertz CT molecular complexity index is 998. The molecule has 0 aliphatic rings. The summed E-state index contributed by atoms with van der Waals surface area (Å²) in [6.07, 6.45) is 0.